The second-order valence-electron chi connectivity index (χ2n) is 10.6. The zero-order valence-electron chi connectivity index (χ0n) is 19.0. The van der Waals surface area contributed by atoms with E-state index < -0.39 is 11.3 Å². The molecule has 1 fully saturated rings. The number of esters is 1. The summed E-state index contributed by atoms with van der Waals surface area (Å²) in [5.41, 5.74) is 3.44. The van der Waals surface area contributed by atoms with Crippen LogP contribution in [0, 0.1) is 22.2 Å². The van der Waals surface area contributed by atoms with Crippen molar-refractivity contribution >= 4 is 17.5 Å². The first-order valence-electron chi connectivity index (χ1n) is 11.8. The van der Waals surface area contributed by atoms with E-state index in [4.69, 9.17) is 4.74 Å². The van der Waals surface area contributed by atoms with Crippen molar-refractivity contribution in [1.82, 2.24) is 0 Å². The predicted octanol–water partition coefficient (Wildman–Crippen LogP) is 5.20. The lowest BCUT2D eigenvalue weighted by atomic mass is 9.52. The minimum absolute atomic E-state index is 0.0492. The van der Waals surface area contributed by atoms with Crippen LogP contribution in [0.15, 0.2) is 46.6 Å². The molecule has 5 aliphatic carbocycles. The Balaban J connectivity index is 1.69. The zero-order valence-corrected chi connectivity index (χ0v) is 19.0. The SMILES string of the molecule is CCC(C)OC(=O)[C@@H]1C=C2CC(=O)C=CC2(C)C2=C1C1=CC[C@@]3(C)CCC(=O)C13CC2. The fourth-order valence-electron chi connectivity index (χ4n) is 6.97. The number of Topliss-reactive ketones (excluding diaryl/α,β-unsaturated/α-hetero) is 1. The van der Waals surface area contributed by atoms with Gasteiger partial charge in [0.15, 0.2) is 5.78 Å². The molecule has 4 heteroatoms. The number of hydrogen-bond donors (Lipinski definition) is 0. The first kappa shape index (κ1) is 20.7. The fraction of sp³-hybridized carbons (Fsp3) is 0.593. The Hall–Kier alpha value is -2.23. The molecule has 1 spiro atoms. The summed E-state index contributed by atoms with van der Waals surface area (Å²) in [5, 5.41) is 0. The van der Waals surface area contributed by atoms with E-state index in [1.54, 1.807) is 6.08 Å². The number of ketones is 2. The lowest BCUT2D eigenvalue weighted by Gasteiger charge is -2.50. The summed E-state index contributed by atoms with van der Waals surface area (Å²) in [7, 11) is 0. The number of carbonyl (C=O) groups excluding carboxylic acids is 3. The van der Waals surface area contributed by atoms with Crippen molar-refractivity contribution < 1.29 is 19.1 Å². The van der Waals surface area contributed by atoms with Crippen LogP contribution in [0.3, 0.4) is 0 Å². The van der Waals surface area contributed by atoms with Crippen LogP contribution in [0.4, 0.5) is 0 Å². The molecule has 0 aromatic carbocycles. The van der Waals surface area contributed by atoms with Gasteiger partial charge in [-0.25, -0.2) is 0 Å². The van der Waals surface area contributed by atoms with Gasteiger partial charge in [-0.3, -0.25) is 14.4 Å². The van der Waals surface area contributed by atoms with Gasteiger partial charge in [-0.1, -0.05) is 43.2 Å². The van der Waals surface area contributed by atoms with Crippen molar-refractivity contribution in [2.45, 2.75) is 78.7 Å². The van der Waals surface area contributed by atoms with Gasteiger partial charge in [-0.2, -0.15) is 0 Å². The van der Waals surface area contributed by atoms with Crippen LogP contribution in [0.5, 0.6) is 0 Å². The molecule has 0 N–H and O–H groups in total. The molecule has 0 heterocycles. The molecule has 0 radical (unpaired) electrons. The standard InChI is InChI=1S/C27H32O4/c1-5-16(2)31-24(30)19-15-17-14-18(28)6-12-26(17,4)20-8-13-27-21(23(19)20)7-10-25(27,3)11-9-22(27)29/h6-7,12,15-16,19H,5,8-11,13-14H2,1-4H3/t16?,19-,25+,26?,27?/m1/s1. The molecule has 0 bridgehead atoms. The molecule has 5 rings (SSSR count). The average molecular weight is 421 g/mol. The number of carbonyl (C=O) groups is 3. The van der Waals surface area contributed by atoms with Crippen LogP contribution in [-0.2, 0) is 19.1 Å². The summed E-state index contributed by atoms with van der Waals surface area (Å²) in [5.74, 6) is -0.373. The Labute approximate surface area is 184 Å². The van der Waals surface area contributed by atoms with E-state index in [0.29, 0.717) is 18.6 Å². The maximum absolute atomic E-state index is 13.4. The minimum atomic E-state index is -0.537. The third-order valence-electron chi connectivity index (χ3n) is 9.08. The van der Waals surface area contributed by atoms with Crippen molar-refractivity contribution in [1.29, 1.82) is 0 Å². The maximum Gasteiger partial charge on any atom is 0.317 e. The summed E-state index contributed by atoms with van der Waals surface area (Å²) in [6, 6.07) is 0. The van der Waals surface area contributed by atoms with E-state index in [2.05, 4.69) is 19.9 Å². The zero-order chi connectivity index (χ0) is 22.2. The largest absolute Gasteiger partial charge is 0.462 e. The van der Waals surface area contributed by atoms with Crippen molar-refractivity contribution in [2.24, 2.45) is 22.2 Å². The van der Waals surface area contributed by atoms with E-state index in [9.17, 15) is 14.4 Å². The average Bonchev–Trinajstić information content (AvgIpc) is 3.18. The summed E-state index contributed by atoms with van der Waals surface area (Å²) < 4.78 is 5.80. The third-order valence-corrected chi connectivity index (χ3v) is 9.08. The van der Waals surface area contributed by atoms with Crippen LogP contribution in [-0.4, -0.2) is 23.6 Å². The number of allylic oxidation sites excluding steroid dienone is 6. The summed E-state index contributed by atoms with van der Waals surface area (Å²) >= 11 is 0. The van der Waals surface area contributed by atoms with Crippen LogP contribution in [0.25, 0.3) is 0 Å². The molecule has 0 aliphatic heterocycles. The van der Waals surface area contributed by atoms with E-state index in [1.165, 1.54) is 5.57 Å². The Kier molecular flexibility index (Phi) is 4.42. The van der Waals surface area contributed by atoms with Crippen LogP contribution in [0.2, 0.25) is 0 Å². The molecule has 4 nitrogen and oxygen atoms in total. The number of rotatable bonds is 3. The normalized spacial score (nSPS) is 39.3. The monoisotopic (exact) mass is 420 g/mol. The molecule has 5 atom stereocenters. The van der Waals surface area contributed by atoms with E-state index in [1.807, 2.05) is 26.0 Å². The first-order valence-corrected chi connectivity index (χ1v) is 11.8. The highest BCUT2D eigenvalue weighted by atomic mass is 16.5. The van der Waals surface area contributed by atoms with Gasteiger partial charge in [0.25, 0.3) is 0 Å². The molecule has 31 heavy (non-hydrogen) atoms. The molecule has 0 aromatic rings. The van der Waals surface area contributed by atoms with Crippen molar-refractivity contribution in [3.05, 3.63) is 46.6 Å². The van der Waals surface area contributed by atoms with Crippen molar-refractivity contribution in [3.63, 3.8) is 0 Å². The number of ether oxygens (including phenoxy) is 1. The lowest BCUT2D eigenvalue weighted by Crippen LogP contribution is -2.45. The van der Waals surface area contributed by atoms with Gasteiger partial charge in [-0.05, 0) is 68.6 Å². The second-order valence-corrected chi connectivity index (χ2v) is 10.6. The lowest BCUT2D eigenvalue weighted by molar-refractivity contribution is -0.150. The molecule has 1 saturated carbocycles. The van der Waals surface area contributed by atoms with Gasteiger partial charge >= 0.3 is 5.97 Å². The van der Waals surface area contributed by atoms with Crippen LogP contribution >= 0.6 is 0 Å². The third kappa shape index (κ3) is 2.57. The Morgan fingerprint density at radius 2 is 2.00 bits per heavy atom. The van der Waals surface area contributed by atoms with E-state index in [0.717, 1.165) is 48.8 Å². The van der Waals surface area contributed by atoms with Crippen LogP contribution in [0.1, 0.15) is 72.6 Å². The molecular weight excluding hydrogens is 388 g/mol. The molecule has 3 unspecified atom stereocenters. The van der Waals surface area contributed by atoms with Crippen LogP contribution < -0.4 is 0 Å². The second kappa shape index (κ2) is 6.63. The quantitative estimate of drug-likeness (QED) is 0.465. The van der Waals surface area contributed by atoms with Crippen molar-refractivity contribution in [3.8, 4) is 0 Å². The van der Waals surface area contributed by atoms with Gasteiger partial charge in [0.1, 0.15) is 11.7 Å². The Morgan fingerprint density at radius 3 is 2.74 bits per heavy atom. The predicted molar refractivity (Wildman–Crippen MR) is 118 cm³/mol. The Bertz CT molecular complexity index is 1020. The molecular formula is C27H32O4. The van der Waals surface area contributed by atoms with Gasteiger partial charge in [-0.15, -0.1) is 0 Å². The summed E-state index contributed by atoms with van der Waals surface area (Å²) in [6.45, 7) is 8.33. The highest BCUT2D eigenvalue weighted by molar-refractivity contribution is 5.97. The highest BCUT2D eigenvalue weighted by Gasteiger charge is 2.65. The molecule has 164 valence electrons. The Morgan fingerprint density at radius 1 is 1.23 bits per heavy atom. The van der Waals surface area contributed by atoms with Gasteiger partial charge in [0.2, 0.25) is 0 Å². The summed E-state index contributed by atoms with van der Waals surface area (Å²) in [6.07, 6.45) is 12.9. The van der Waals surface area contributed by atoms with E-state index in [-0.39, 0.29) is 28.7 Å². The van der Waals surface area contributed by atoms with Gasteiger partial charge < -0.3 is 4.74 Å². The first-order chi connectivity index (χ1) is 14.7. The molecule has 0 amide bonds. The van der Waals surface area contributed by atoms with E-state index >= 15 is 0 Å². The fourth-order valence-corrected chi connectivity index (χ4v) is 6.97. The topological polar surface area (TPSA) is 60.4 Å². The van der Waals surface area contributed by atoms with Gasteiger partial charge in [0, 0.05) is 18.3 Å². The number of fused-ring (bicyclic) bond motifs is 3. The molecule has 0 saturated heterocycles. The van der Waals surface area contributed by atoms with Gasteiger partial charge in [0.05, 0.1) is 11.5 Å². The minimum Gasteiger partial charge on any atom is -0.462 e. The summed E-state index contributed by atoms with van der Waals surface area (Å²) in [4.78, 5) is 39.0. The molecule has 0 aromatic heterocycles. The van der Waals surface area contributed by atoms with Crippen molar-refractivity contribution in [2.75, 3.05) is 0 Å². The number of hydrogen-bond acceptors (Lipinski definition) is 4. The smallest absolute Gasteiger partial charge is 0.317 e. The highest BCUT2D eigenvalue weighted by Crippen LogP contribution is 2.69. The molecule has 5 aliphatic rings. The maximum atomic E-state index is 13.4.